The van der Waals surface area contributed by atoms with Crippen LogP contribution in [0.25, 0.3) is 0 Å². The van der Waals surface area contributed by atoms with Crippen molar-refractivity contribution in [2.45, 2.75) is 412 Å². The number of hydrogen-bond acceptors (Lipinski definition) is 15. The number of esters is 4. The topological polar surface area (TPSA) is 237 Å². The van der Waals surface area contributed by atoms with Crippen LogP contribution in [0.3, 0.4) is 0 Å². The highest BCUT2D eigenvalue weighted by atomic mass is 31.2. The van der Waals surface area contributed by atoms with Gasteiger partial charge in [0, 0.05) is 25.7 Å². The summed E-state index contributed by atoms with van der Waals surface area (Å²) in [4.78, 5) is 72.7. The second-order valence-corrected chi connectivity index (χ2v) is 30.4. The Morgan fingerprint density at radius 3 is 0.723 bits per heavy atom. The maximum absolute atomic E-state index is 13.1. The highest BCUT2D eigenvalue weighted by Crippen LogP contribution is 2.45. The van der Waals surface area contributed by atoms with Crippen LogP contribution >= 0.6 is 15.6 Å². The first-order valence-electron chi connectivity index (χ1n) is 39.1. The number of unbranched alkanes of at least 4 members (excludes halogenated alkanes) is 47. The van der Waals surface area contributed by atoms with Crippen molar-refractivity contribution in [3.8, 4) is 0 Å². The molecule has 2 unspecified atom stereocenters. The molecule has 5 atom stereocenters. The zero-order valence-electron chi connectivity index (χ0n) is 61.1. The molecule has 0 aromatic carbocycles. The maximum atomic E-state index is 13.1. The largest absolute Gasteiger partial charge is 0.472 e. The molecule has 17 nitrogen and oxygen atoms in total. The molecule has 3 N–H and O–H groups in total. The van der Waals surface area contributed by atoms with Crippen LogP contribution in [-0.2, 0) is 65.4 Å². The number of carbonyl (C=O) groups excluding carboxylic acids is 4. The lowest BCUT2D eigenvalue weighted by Gasteiger charge is -2.21. The van der Waals surface area contributed by atoms with Gasteiger partial charge in [0.25, 0.3) is 0 Å². The lowest BCUT2D eigenvalue weighted by Crippen LogP contribution is -2.30. The fourth-order valence-corrected chi connectivity index (χ4v) is 13.1. The zero-order valence-corrected chi connectivity index (χ0v) is 62.9. The van der Waals surface area contributed by atoms with E-state index in [4.69, 9.17) is 37.0 Å². The van der Waals surface area contributed by atoms with Gasteiger partial charge in [-0.3, -0.25) is 37.3 Å². The Labute approximate surface area is 575 Å². The molecule has 0 aromatic heterocycles. The summed E-state index contributed by atoms with van der Waals surface area (Å²) in [5.41, 5.74) is 0. The lowest BCUT2D eigenvalue weighted by atomic mass is 10.0. The fraction of sp³-hybridized carbons (Fsp3) is 0.947. The zero-order chi connectivity index (χ0) is 69.1. The molecule has 0 amide bonds. The van der Waals surface area contributed by atoms with Crippen LogP contribution in [0.2, 0.25) is 0 Å². The predicted molar refractivity (Wildman–Crippen MR) is 382 cm³/mol. The maximum Gasteiger partial charge on any atom is 0.472 e. The molecule has 0 fully saturated rings. The van der Waals surface area contributed by atoms with Crippen molar-refractivity contribution in [2.24, 2.45) is 5.92 Å². The number of phosphoric ester groups is 2. The minimum Gasteiger partial charge on any atom is -0.462 e. The van der Waals surface area contributed by atoms with E-state index in [1.54, 1.807) is 0 Å². The first-order valence-corrected chi connectivity index (χ1v) is 42.1. The van der Waals surface area contributed by atoms with Crippen molar-refractivity contribution < 1.29 is 80.2 Å². The molecule has 0 spiro atoms. The summed E-state index contributed by atoms with van der Waals surface area (Å²) < 4.78 is 68.5. The van der Waals surface area contributed by atoms with E-state index < -0.39 is 97.5 Å². The third kappa shape index (κ3) is 68.6. The minimum atomic E-state index is -4.96. The number of rotatable bonds is 75. The van der Waals surface area contributed by atoms with Crippen molar-refractivity contribution in [3.05, 3.63) is 0 Å². The third-order valence-electron chi connectivity index (χ3n) is 17.5. The average Bonchev–Trinajstić information content (AvgIpc) is 2.45. The number of hydrogen-bond donors (Lipinski definition) is 3. The highest BCUT2D eigenvalue weighted by Gasteiger charge is 2.30. The van der Waals surface area contributed by atoms with Gasteiger partial charge in [0.2, 0.25) is 0 Å². The number of carbonyl (C=O) groups is 4. The molecule has 0 rings (SSSR count). The molecule has 0 aliphatic rings. The van der Waals surface area contributed by atoms with E-state index in [0.717, 1.165) is 95.8 Å². The lowest BCUT2D eigenvalue weighted by molar-refractivity contribution is -0.161. The Hall–Kier alpha value is -1.94. The molecule has 0 saturated heterocycles. The minimum absolute atomic E-state index is 0.108. The normalized spacial score (nSPS) is 14.0. The van der Waals surface area contributed by atoms with E-state index in [-0.39, 0.29) is 25.7 Å². The Morgan fingerprint density at radius 2 is 0.489 bits per heavy atom. The Morgan fingerprint density at radius 1 is 0.287 bits per heavy atom. The van der Waals surface area contributed by atoms with E-state index in [1.807, 2.05) is 0 Å². The van der Waals surface area contributed by atoms with Crippen molar-refractivity contribution in [1.29, 1.82) is 0 Å². The van der Waals surface area contributed by atoms with Crippen LogP contribution in [0.15, 0.2) is 0 Å². The van der Waals surface area contributed by atoms with Crippen molar-refractivity contribution in [2.75, 3.05) is 39.6 Å². The smallest absolute Gasteiger partial charge is 0.462 e. The van der Waals surface area contributed by atoms with E-state index >= 15 is 0 Å². The molecule has 19 heteroatoms. The third-order valence-corrected chi connectivity index (χ3v) is 19.4. The van der Waals surface area contributed by atoms with E-state index in [0.29, 0.717) is 25.7 Å². The Balaban J connectivity index is 5.23. The molecule has 0 heterocycles. The Kier molecular flexibility index (Phi) is 66.8. The van der Waals surface area contributed by atoms with E-state index in [1.165, 1.54) is 218 Å². The molecule has 0 aromatic rings. The van der Waals surface area contributed by atoms with Crippen LogP contribution < -0.4 is 0 Å². The molecule has 0 aliphatic carbocycles. The van der Waals surface area contributed by atoms with Gasteiger partial charge in [-0.25, -0.2) is 9.13 Å². The molecule has 0 bridgehead atoms. The van der Waals surface area contributed by atoms with Crippen molar-refractivity contribution >= 4 is 39.5 Å². The highest BCUT2D eigenvalue weighted by molar-refractivity contribution is 7.47. The van der Waals surface area contributed by atoms with Gasteiger partial charge in [-0.15, -0.1) is 0 Å². The fourth-order valence-electron chi connectivity index (χ4n) is 11.5. The first kappa shape index (κ1) is 92.1. The molecular formula is C75H146O17P2. The van der Waals surface area contributed by atoms with Gasteiger partial charge in [0.05, 0.1) is 26.4 Å². The van der Waals surface area contributed by atoms with Crippen LogP contribution in [0.4, 0.5) is 0 Å². The average molecular weight is 1380 g/mol. The monoisotopic (exact) mass is 1380 g/mol. The predicted octanol–water partition coefficient (Wildman–Crippen LogP) is 22.1. The van der Waals surface area contributed by atoms with Gasteiger partial charge in [-0.05, 0) is 31.6 Å². The van der Waals surface area contributed by atoms with Gasteiger partial charge in [-0.1, -0.05) is 343 Å². The second-order valence-electron chi connectivity index (χ2n) is 27.5. The SMILES string of the molecule is CCCCCCCCCCCCCCCCCC(=O)OC[C@H](COP(=O)(O)OC[C@@H](O)COP(=O)(O)OC[C@@H](COC(=O)CCCCCCCCCCC)OC(=O)CCCCCCCCCCCCCCCCC)OC(=O)CCCCCCCCCCCCCCC(C)C. The summed E-state index contributed by atoms with van der Waals surface area (Å²) in [6.07, 6.45) is 56.7. The van der Waals surface area contributed by atoms with Gasteiger partial charge in [0.1, 0.15) is 19.3 Å². The number of aliphatic hydroxyl groups is 1. The van der Waals surface area contributed by atoms with Gasteiger partial charge in [0.15, 0.2) is 12.2 Å². The molecule has 94 heavy (non-hydrogen) atoms. The van der Waals surface area contributed by atoms with Crippen LogP contribution in [0, 0.1) is 5.92 Å². The Bertz CT molecular complexity index is 1810. The first-order chi connectivity index (χ1) is 45.5. The van der Waals surface area contributed by atoms with Crippen LogP contribution in [0.5, 0.6) is 0 Å². The number of aliphatic hydroxyl groups excluding tert-OH is 1. The van der Waals surface area contributed by atoms with Crippen LogP contribution in [-0.4, -0.2) is 96.7 Å². The van der Waals surface area contributed by atoms with Crippen molar-refractivity contribution in [1.82, 2.24) is 0 Å². The van der Waals surface area contributed by atoms with Gasteiger partial charge >= 0.3 is 39.5 Å². The summed E-state index contributed by atoms with van der Waals surface area (Å²) in [6.45, 7) is 7.29. The van der Waals surface area contributed by atoms with Gasteiger partial charge < -0.3 is 33.8 Å². The molecular weight excluding hydrogens is 1230 g/mol. The molecule has 0 aliphatic heterocycles. The number of phosphoric acid groups is 2. The van der Waals surface area contributed by atoms with Crippen molar-refractivity contribution in [3.63, 3.8) is 0 Å². The summed E-state index contributed by atoms with van der Waals surface area (Å²) in [5, 5.41) is 10.6. The summed E-state index contributed by atoms with van der Waals surface area (Å²) in [5.74, 6) is -1.34. The summed E-state index contributed by atoms with van der Waals surface area (Å²) in [6, 6.07) is 0. The van der Waals surface area contributed by atoms with E-state index in [2.05, 4.69) is 34.6 Å². The number of ether oxygens (including phenoxy) is 4. The van der Waals surface area contributed by atoms with Gasteiger partial charge in [-0.2, -0.15) is 0 Å². The molecule has 558 valence electrons. The summed E-state index contributed by atoms with van der Waals surface area (Å²) >= 11 is 0. The summed E-state index contributed by atoms with van der Waals surface area (Å²) in [7, 11) is -9.91. The van der Waals surface area contributed by atoms with Crippen LogP contribution in [0.1, 0.15) is 394 Å². The van der Waals surface area contributed by atoms with E-state index in [9.17, 15) is 43.2 Å². The standard InChI is InChI=1S/C75H146O17P2/c1-6-9-12-15-18-21-23-25-27-29-34-39-44-49-54-59-73(78)86-65-71(92-75(80)61-56-51-46-41-36-32-31-33-38-42-47-52-57-68(4)5)67-90-94(83,84)88-63-69(76)62-87-93(81,82)89-66-70(64-85-72(77)58-53-48-43-37-20-17-14-11-8-3)91-74(79)60-55-50-45-40-35-30-28-26-24-22-19-16-13-10-7-2/h68-71,76H,6-67H2,1-5H3,(H,81,82)(H,83,84)/t69-,70+,71+/m0/s1. The second kappa shape index (κ2) is 68.2. The molecule has 0 radical (unpaired) electrons. The molecule has 0 saturated carbocycles. The quantitative estimate of drug-likeness (QED) is 0.0222.